The van der Waals surface area contributed by atoms with Crippen LogP contribution in [0.25, 0.3) is 0 Å². The second-order valence-electron chi connectivity index (χ2n) is 6.51. The molecule has 0 radical (unpaired) electrons. The van der Waals surface area contributed by atoms with Gasteiger partial charge in [0, 0.05) is 39.5 Å². The van der Waals surface area contributed by atoms with Crippen LogP contribution >= 0.6 is 11.3 Å². The molecule has 1 aromatic rings. The lowest BCUT2D eigenvalue weighted by atomic mass is 9.97. The first-order valence-corrected chi connectivity index (χ1v) is 10.9. The zero-order chi connectivity index (χ0) is 18.7. The minimum absolute atomic E-state index is 0.0611. The fraction of sp³-hybridized carbons (Fsp3) is 0.562. The molecule has 0 saturated carbocycles. The number of nitrogens with zero attached hydrogens (tertiary/aromatic N) is 3. The van der Waals surface area contributed by atoms with Crippen molar-refractivity contribution < 1.29 is 18.0 Å². The highest BCUT2D eigenvalue weighted by molar-refractivity contribution is 7.91. The average Bonchev–Trinajstić information content (AvgIpc) is 3.18. The topological polar surface area (TPSA) is 99.2 Å². The van der Waals surface area contributed by atoms with Gasteiger partial charge in [0.25, 0.3) is 5.91 Å². The Kier molecular flexibility index (Phi) is 5.73. The lowest BCUT2D eigenvalue weighted by molar-refractivity contribution is -0.131. The summed E-state index contributed by atoms with van der Waals surface area (Å²) in [4.78, 5) is 25.9. The van der Waals surface area contributed by atoms with E-state index in [0.29, 0.717) is 42.4 Å². The van der Waals surface area contributed by atoms with Gasteiger partial charge in [-0.25, -0.2) is 18.1 Å². The van der Waals surface area contributed by atoms with Crippen LogP contribution in [0.1, 0.15) is 25.7 Å². The van der Waals surface area contributed by atoms with E-state index in [-0.39, 0.29) is 17.7 Å². The normalized spacial score (nSPS) is 21.7. The Hall–Kier alpha value is -1.78. The van der Waals surface area contributed by atoms with Crippen LogP contribution < -0.4 is 4.72 Å². The molecule has 2 amide bonds. The third-order valence-electron chi connectivity index (χ3n) is 4.58. The van der Waals surface area contributed by atoms with Crippen molar-refractivity contribution in [2.75, 3.05) is 26.7 Å². The Morgan fingerprint density at radius 1 is 1.42 bits per heavy atom. The molecule has 142 valence electrons. The number of amides is 2. The van der Waals surface area contributed by atoms with Crippen LogP contribution in [0.4, 0.5) is 0 Å². The molecule has 1 saturated heterocycles. The second kappa shape index (κ2) is 7.85. The third-order valence-corrected chi connectivity index (χ3v) is 7.40. The second-order valence-corrected chi connectivity index (χ2v) is 9.45. The predicted octanol–water partition coefficient (Wildman–Crippen LogP) is 0.873. The summed E-state index contributed by atoms with van der Waals surface area (Å²) >= 11 is 1.18. The summed E-state index contributed by atoms with van der Waals surface area (Å²) in [7, 11) is -1.94. The minimum Gasteiger partial charge on any atom is -0.337 e. The number of nitrogens with one attached hydrogen (secondary N) is 1. The van der Waals surface area contributed by atoms with Gasteiger partial charge in [0.15, 0.2) is 0 Å². The van der Waals surface area contributed by atoms with Crippen molar-refractivity contribution in [2.24, 2.45) is 11.0 Å². The average molecular weight is 399 g/mol. The highest BCUT2D eigenvalue weighted by Gasteiger charge is 2.30. The SMILES string of the molecule is CN1N=C(C(=O)N2CCC[C@@H](CNS(=O)(=O)c3cccs3)C2)CCC1=O. The maximum atomic E-state index is 12.7. The van der Waals surface area contributed by atoms with E-state index in [2.05, 4.69) is 9.82 Å². The van der Waals surface area contributed by atoms with Crippen LogP contribution in [0.15, 0.2) is 26.8 Å². The maximum absolute atomic E-state index is 12.7. The first-order valence-electron chi connectivity index (χ1n) is 8.53. The van der Waals surface area contributed by atoms with E-state index in [1.807, 2.05) is 0 Å². The molecule has 1 atom stereocenters. The van der Waals surface area contributed by atoms with Gasteiger partial charge in [0.1, 0.15) is 9.92 Å². The zero-order valence-electron chi connectivity index (χ0n) is 14.6. The molecule has 2 aliphatic rings. The number of thiophene rings is 1. The van der Waals surface area contributed by atoms with Gasteiger partial charge in [-0.05, 0) is 30.2 Å². The van der Waals surface area contributed by atoms with E-state index in [9.17, 15) is 18.0 Å². The van der Waals surface area contributed by atoms with Gasteiger partial charge in [-0.15, -0.1) is 11.3 Å². The van der Waals surface area contributed by atoms with Crippen molar-refractivity contribution in [2.45, 2.75) is 29.9 Å². The van der Waals surface area contributed by atoms with E-state index >= 15 is 0 Å². The monoisotopic (exact) mass is 398 g/mol. The number of piperidine rings is 1. The summed E-state index contributed by atoms with van der Waals surface area (Å²) in [5.41, 5.74) is 0.395. The number of hydrazone groups is 1. The first-order chi connectivity index (χ1) is 12.4. The number of hydrogen-bond donors (Lipinski definition) is 1. The number of sulfonamides is 1. The number of hydrogen-bond acceptors (Lipinski definition) is 6. The molecule has 1 aromatic heterocycles. The summed E-state index contributed by atoms with van der Waals surface area (Å²) in [5, 5.41) is 7.02. The van der Waals surface area contributed by atoms with E-state index < -0.39 is 10.0 Å². The van der Waals surface area contributed by atoms with Gasteiger partial charge < -0.3 is 4.90 Å². The Bertz CT molecular complexity index is 804. The number of likely N-dealkylation sites (tertiary alicyclic amines) is 1. The lowest BCUT2D eigenvalue weighted by Gasteiger charge is -2.33. The van der Waals surface area contributed by atoms with Crippen molar-refractivity contribution in [3.63, 3.8) is 0 Å². The van der Waals surface area contributed by atoms with Crippen LogP contribution in [0.3, 0.4) is 0 Å². The Morgan fingerprint density at radius 3 is 2.92 bits per heavy atom. The van der Waals surface area contributed by atoms with Gasteiger partial charge in [0.05, 0.1) is 0 Å². The Morgan fingerprint density at radius 2 is 2.23 bits per heavy atom. The fourth-order valence-electron chi connectivity index (χ4n) is 3.14. The molecular formula is C16H22N4O4S2. The third kappa shape index (κ3) is 4.30. The molecule has 26 heavy (non-hydrogen) atoms. The van der Waals surface area contributed by atoms with E-state index in [1.165, 1.54) is 16.3 Å². The molecule has 2 aliphatic heterocycles. The van der Waals surface area contributed by atoms with Crippen LogP contribution in [0.5, 0.6) is 0 Å². The summed E-state index contributed by atoms with van der Waals surface area (Å²) in [5.74, 6) is -0.192. The van der Waals surface area contributed by atoms with Gasteiger partial charge in [-0.3, -0.25) is 9.59 Å². The molecule has 10 heteroatoms. The summed E-state index contributed by atoms with van der Waals surface area (Å²) in [6.45, 7) is 1.42. The smallest absolute Gasteiger partial charge is 0.270 e. The summed E-state index contributed by atoms with van der Waals surface area (Å²) in [6.07, 6.45) is 2.33. The van der Waals surface area contributed by atoms with Crippen molar-refractivity contribution in [3.05, 3.63) is 17.5 Å². The molecule has 1 N–H and O–H groups in total. The number of rotatable bonds is 5. The van der Waals surface area contributed by atoms with Gasteiger partial charge in [0.2, 0.25) is 15.9 Å². The minimum atomic E-state index is -3.49. The van der Waals surface area contributed by atoms with Gasteiger partial charge >= 0.3 is 0 Å². The molecule has 0 spiro atoms. The molecule has 0 bridgehead atoms. The first kappa shape index (κ1) is 19.0. The highest BCUT2D eigenvalue weighted by Crippen LogP contribution is 2.20. The van der Waals surface area contributed by atoms with Crippen LogP contribution in [0, 0.1) is 5.92 Å². The van der Waals surface area contributed by atoms with E-state index in [4.69, 9.17) is 0 Å². The largest absolute Gasteiger partial charge is 0.337 e. The molecule has 0 aliphatic carbocycles. The summed E-state index contributed by atoms with van der Waals surface area (Å²) < 4.78 is 27.4. The summed E-state index contributed by atoms with van der Waals surface area (Å²) in [6, 6.07) is 3.27. The molecule has 0 unspecified atom stereocenters. The predicted molar refractivity (Wildman–Crippen MR) is 98.3 cm³/mol. The standard InChI is InChI=1S/C16H22N4O4S2/c1-19-14(21)7-6-13(18-19)16(22)20-8-2-4-12(11-20)10-17-26(23,24)15-5-3-9-25-15/h3,5,9,12,17H,2,4,6-8,10-11H2,1H3/t12-/m0/s1. The van der Waals surface area contributed by atoms with Crippen LogP contribution in [-0.4, -0.2) is 62.5 Å². The van der Waals surface area contributed by atoms with Crippen molar-refractivity contribution in [1.29, 1.82) is 0 Å². The van der Waals surface area contributed by atoms with Crippen LogP contribution in [-0.2, 0) is 19.6 Å². The van der Waals surface area contributed by atoms with Crippen molar-refractivity contribution in [1.82, 2.24) is 14.6 Å². The molecule has 8 nitrogen and oxygen atoms in total. The molecule has 1 fully saturated rings. The van der Waals surface area contributed by atoms with E-state index in [0.717, 1.165) is 12.8 Å². The molecular weight excluding hydrogens is 376 g/mol. The maximum Gasteiger partial charge on any atom is 0.270 e. The molecule has 3 rings (SSSR count). The van der Waals surface area contributed by atoms with Crippen molar-refractivity contribution in [3.8, 4) is 0 Å². The molecule has 3 heterocycles. The van der Waals surface area contributed by atoms with E-state index in [1.54, 1.807) is 29.5 Å². The Labute approximate surface area is 156 Å². The number of carbonyl (C=O) groups excluding carboxylic acids is 2. The van der Waals surface area contributed by atoms with Crippen molar-refractivity contribution >= 4 is 38.9 Å². The fourth-order valence-corrected chi connectivity index (χ4v) is 5.29. The van der Waals surface area contributed by atoms with Gasteiger partial charge in [-0.1, -0.05) is 6.07 Å². The zero-order valence-corrected chi connectivity index (χ0v) is 16.2. The molecule has 0 aromatic carbocycles. The van der Waals surface area contributed by atoms with Gasteiger partial charge in [-0.2, -0.15) is 5.10 Å². The Balaban J connectivity index is 1.58. The lowest BCUT2D eigenvalue weighted by Crippen LogP contribution is -2.47. The van der Waals surface area contributed by atoms with Crippen LogP contribution in [0.2, 0.25) is 0 Å². The highest BCUT2D eigenvalue weighted by atomic mass is 32.2. The number of carbonyl (C=O) groups is 2. The quantitative estimate of drug-likeness (QED) is 0.796.